The molecule has 0 aliphatic carbocycles. The number of benzene rings is 2. The minimum absolute atomic E-state index is 0.103. The number of hydrogen-bond acceptors (Lipinski definition) is 5. The van der Waals surface area contributed by atoms with Gasteiger partial charge in [-0.1, -0.05) is 35.5 Å². The maximum atomic E-state index is 12.6. The van der Waals surface area contributed by atoms with Crippen molar-refractivity contribution in [2.45, 2.75) is 0 Å². The number of aromatic nitrogens is 1. The monoisotopic (exact) mass is 364 g/mol. The van der Waals surface area contributed by atoms with Crippen LogP contribution in [0.4, 0.5) is 11.4 Å². The third kappa shape index (κ3) is 4.80. The summed E-state index contributed by atoms with van der Waals surface area (Å²) in [5.74, 6) is -0.00562. The number of amides is 2. The quantitative estimate of drug-likeness (QED) is 0.702. The number of carbonyl (C=O) groups is 2. The summed E-state index contributed by atoms with van der Waals surface area (Å²) in [7, 11) is 3.65. The highest BCUT2D eigenvalue weighted by atomic mass is 16.5. The molecule has 0 saturated carbocycles. The van der Waals surface area contributed by atoms with Gasteiger partial charge in [0.1, 0.15) is 5.56 Å². The molecule has 0 spiro atoms. The Morgan fingerprint density at radius 2 is 1.59 bits per heavy atom. The molecule has 1 heterocycles. The second kappa shape index (κ2) is 8.29. The van der Waals surface area contributed by atoms with Crippen molar-refractivity contribution in [1.29, 1.82) is 0 Å². The molecule has 138 valence electrons. The molecule has 0 aliphatic rings. The Morgan fingerprint density at radius 3 is 2.22 bits per heavy atom. The molecule has 0 bridgehead atoms. The number of rotatable bonds is 6. The summed E-state index contributed by atoms with van der Waals surface area (Å²) in [5, 5.41) is 9.35. The van der Waals surface area contributed by atoms with Crippen molar-refractivity contribution < 1.29 is 14.1 Å². The first kappa shape index (κ1) is 18.3. The van der Waals surface area contributed by atoms with Gasteiger partial charge in [0.2, 0.25) is 5.91 Å². The first-order valence-electron chi connectivity index (χ1n) is 8.39. The van der Waals surface area contributed by atoms with E-state index in [4.69, 9.17) is 4.52 Å². The fourth-order valence-electron chi connectivity index (χ4n) is 2.52. The Balaban J connectivity index is 1.67. The number of hydrogen-bond donors (Lipinski definition) is 2. The van der Waals surface area contributed by atoms with E-state index < -0.39 is 0 Å². The summed E-state index contributed by atoms with van der Waals surface area (Å²) in [6.45, 7) is 0.300. The Kier molecular flexibility index (Phi) is 5.63. The lowest BCUT2D eigenvalue weighted by atomic mass is 10.1. The zero-order valence-electron chi connectivity index (χ0n) is 15.1. The van der Waals surface area contributed by atoms with Gasteiger partial charge in [0.05, 0.1) is 12.7 Å². The van der Waals surface area contributed by atoms with Crippen LogP contribution in [0.15, 0.2) is 65.3 Å². The van der Waals surface area contributed by atoms with Gasteiger partial charge in [0.15, 0.2) is 5.76 Å². The molecule has 0 aliphatic heterocycles. The first-order valence-corrected chi connectivity index (χ1v) is 8.39. The van der Waals surface area contributed by atoms with Gasteiger partial charge >= 0.3 is 0 Å². The van der Waals surface area contributed by atoms with Crippen LogP contribution in [0.3, 0.4) is 0 Å². The van der Waals surface area contributed by atoms with Crippen LogP contribution in [0.1, 0.15) is 10.4 Å². The van der Waals surface area contributed by atoms with Crippen molar-refractivity contribution in [3.05, 3.63) is 66.4 Å². The minimum Gasteiger partial charge on any atom is -0.355 e. The van der Waals surface area contributed by atoms with Crippen molar-refractivity contribution in [1.82, 2.24) is 10.1 Å². The van der Waals surface area contributed by atoms with Crippen LogP contribution in [-0.2, 0) is 4.79 Å². The maximum absolute atomic E-state index is 12.6. The van der Waals surface area contributed by atoms with E-state index in [1.165, 1.54) is 6.20 Å². The molecule has 0 saturated heterocycles. The number of nitrogens with one attached hydrogen (secondary N) is 2. The lowest BCUT2D eigenvalue weighted by Crippen LogP contribution is -2.27. The molecule has 0 atom stereocenters. The Morgan fingerprint density at radius 1 is 0.963 bits per heavy atom. The SMILES string of the molecule is CN(C)CC(=O)Nc1ccc(NC(=O)c2cnoc2-c2ccccc2)cc1. The first-order chi connectivity index (χ1) is 13.0. The van der Waals surface area contributed by atoms with Crippen LogP contribution in [0.2, 0.25) is 0 Å². The van der Waals surface area contributed by atoms with Crippen LogP contribution in [-0.4, -0.2) is 42.5 Å². The standard InChI is InChI=1S/C20H20N4O3/c1-24(2)13-18(25)22-15-8-10-16(11-9-15)23-20(26)17-12-21-27-19(17)14-6-4-3-5-7-14/h3-12H,13H2,1-2H3,(H,22,25)(H,23,26). The predicted molar refractivity (Wildman–Crippen MR) is 104 cm³/mol. The molecular formula is C20H20N4O3. The summed E-state index contributed by atoms with van der Waals surface area (Å²) in [6, 6.07) is 16.2. The van der Waals surface area contributed by atoms with E-state index in [9.17, 15) is 9.59 Å². The number of carbonyl (C=O) groups excluding carboxylic acids is 2. The molecule has 3 rings (SSSR count). The van der Waals surface area contributed by atoms with Gasteiger partial charge in [0, 0.05) is 16.9 Å². The zero-order chi connectivity index (χ0) is 19.2. The molecule has 1 aromatic heterocycles. The van der Waals surface area contributed by atoms with E-state index in [0.29, 0.717) is 29.2 Å². The lowest BCUT2D eigenvalue weighted by Gasteiger charge is -2.11. The van der Waals surface area contributed by atoms with Crippen molar-refractivity contribution in [3.63, 3.8) is 0 Å². The van der Waals surface area contributed by atoms with Crippen molar-refractivity contribution >= 4 is 23.2 Å². The molecule has 0 unspecified atom stereocenters. The van der Waals surface area contributed by atoms with Crippen LogP contribution in [0.5, 0.6) is 0 Å². The largest absolute Gasteiger partial charge is 0.355 e. The molecule has 27 heavy (non-hydrogen) atoms. The van der Waals surface area contributed by atoms with E-state index in [2.05, 4.69) is 15.8 Å². The third-order valence-electron chi connectivity index (χ3n) is 3.74. The molecule has 3 aromatic rings. The molecule has 0 radical (unpaired) electrons. The summed E-state index contributed by atoms with van der Waals surface area (Å²) in [6.07, 6.45) is 1.40. The van der Waals surface area contributed by atoms with Crippen molar-refractivity contribution in [2.24, 2.45) is 0 Å². The fraction of sp³-hybridized carbons (Fsp3) is 0.150. The van der Waals surface area contributed by atoms with Gasteiger partial charge in [-0.15, -0.1) is 0 Å². The smallest absolute Gasteiger partial charge is 0.261 e. The molecule has 7 heteroatoms. The van der Waals surface area contributed by atoms with Gasteiger partial charge in [-0.05, 0) is 38.4 Å². The van der Waals surface area contributed by atoms with Gasteiger partial charge in [0.25, 0.3) is 5.91 Å². The highest BCUT2D eigenvalue weighted by Gasteiger charge is 2.17. The molecule has 2 aromatic carbocycles. The summed E-state index contributed by atoms with van der Waals surface area (Å²) in [4.78, 5) is 26.1. The normalized spacial score (nSPS) is 10.6. The minimum atomic E-state index is -0.320. The number of anilines is 2. The summed E-state index contributed by atoms with van der Waals surface area (Å²) >= 11 is 0. The van der Waals surface area contributed by atoms with Crippen LogP contribution >= 0.6 is 0 Å². The van der Waals surface area contributed by atoms with Crippen LogP contribution in [0, 0.1) is 0 Å². The zero-order valence-corrected chi connectivity index (χ0v) is 15.1. The van der Waals surface area contributed by atoms with Crippen molar-refractivity contribution in [2.75, 3.05) is 31.3 Å². The highest BCUT2D eigenvalue weighted by Crippen LogP contribution is 2.24. The van der Waals surface area contributed by atoms with Gasteiger partial charge in [-0.25, -0.2) is 0 Å². The van der Waals surface area contributed by atoms with Gasteiger partial charge < -0.3 is 20.1 Å². The van der Waals surface area contributed by atoms with E-state index in [-0.39, 0.29) is 11.8 Å². The van der Waals surface area contributed by atoms with Gasteiger partial charge in [-0.2, -0.15) is 0 Å². The highest BCUT2D eigenvalue weighted by molar-refractivity contribution is 6.07. The second-order valence-electron chi connectivity index (χ2n) is 6.25. The topological polar surface area (TPSA) is 87.5 Å². The number of likely N-dealkylation sites (N-methyl/N-ethyl adjacent to an activating group) is 1. The molecule has 0 fully saturated rings. The molecule has 7 nitrogen and oxygen atoms in total. The number of nitrogens with zero attached hydrogens (tertiary/aromatic N) is 2. The van der Waals surface area contributed by atoms with E-state index in [1.807, 2.05) is 44.4 Å². The Hall–Kier alpha value is -3.45. The fourth-order valence-corrected chi connectivity index (χ4v) is 2.52. The summed E-state index contributed by atoms with van der Waals surface area (Å²) < 4.78 is 5.24. The van der Waals surface area contributed by atoms with Crippen LogP contribution in [0.25, 0.3) is 11.3 Å². The predicted octanol–water partition coefficient (Wildman–Crippen LogP) is 3.09. The Bertz CT molecular complexity index is 918. The van der Waals surface area contributed by atoms with E-state index >= 15 is 0 Å². The lowest BCUT2D eigenvalue weighted by molar-refractivity contribution is -0.116. The van der Waals surface area contributed by atoms with E-state index in [0.717, 1.165) is 5.56 Å². The molecule has 2 N–H and O–H groups in total. The van der Waals surface area contributed by atoms with Gasteiger partial charge in [-0.3, -0.25) is 9.59 Å². The van der Waals surface area contributed by atoms with Crippen LogP contribution < -0.4 is 10.6 Å². The molecule has 2 amide bonds. The Labute approximate surface area is 157 Å². The maximum Gasteiger partial charge on any atom is 0.261 e. The third-order valence-corrected chi connectivity index (χ3v) is 3.74. The average Bonchev–Trinajstić information content (AvgIpc) is 3.13. The second-order valence-corrected chi connectivity index (χ2v) is 6.25. The summed E-state index contributed by atoms with van der Waals surface area (Å²) in [5.41, 5.74) is 2.39. The van der Waals surface area contributed by atoms with E-state index in [1.54, 1.807) is 29.2 Å². The molecular weight excluding hydrogens is 344 g/mol. The van der Waals surface area contributed by atoms with Crippen molar-refractivity contribution in [3.8, 4) is 11.3 Å². The average molecular weight is 364 g/mol.